The van der Waals surface area contributed by atoms with Gasteiger partial charge >= 0.3 is 5.97 Å². The number of ether oxygens (including phenoxy) is 2. The fourth-order valence-corrected chi connectivity index (χ4v) is 4.49. The van der Waals surface area contributed by atoms with Crippen LogP contribution in [0, 0.1) is 6.92 Å². The van der Waals surface area contributed by atoms with Gasteiger partial charge in [-0.15, -0.1) is 11.3 Å². The number of aryl methyl sites for hydroxylation is 1. The zero-order chi connectivity index (χ0) is 23.4. The van der Waals surface area contributed by atoms with Gasteiger partial charge in [-0.2, -0.15) is 0 Å². The highest BCUT2D eigenvalue weighted by Crippen LogP contribution is 2.23. The molecule has 0 aliphatic rings. The molecule has 7 nitrogen and oxygen atoms in total. The number of para-hydroxylation sites is 1. The fourth-order valence-electron chi connectivity index (χ4n) is 3.48. The monoisotopic (exact) mass is 483 g/mol. The van der Waals surface area contributed by atoms with E-state index in [1.807, 2.05) is 30.5 Å². The number of benzene rings is 2. The Morgan fingerprint density at radius 2 is 1.94 bits per heavy atom. The van der Waals surface area contributed by atoms with Crippen molar-refractivity contribution in [3.05, 3.63) is 80.9 Å². The average molecular weight is 484 g/mol. The van der Waals surface area contributed by atoms with Gasteiger partial charge in [0.15, 0.2) is 0 Å². The van der Waals surface area contributed by atoms with Gasteiger partial charge < -0.3 is 19.8 Å². The molecule has 0 saturated carbocycles. The molecule has 9 heteroatoms. The highest BCUT2D eigenvalue weighted by Gasteiger charge is 2.26. The van der Waals surface area contributed by atoms with Crippen molar-refractivity contribution in [1.29, 1.82) is 0 Å². The number of methoxy groups -OCH3 is 1. The molecule has 0 spiro atoms. The quantitative estimate of drug-likeness (QED) is 0.355. The average Bonchev–Trinajstić information content (AvgIpc) is 3.41. The molecule has 33 heavy (non-hydrogen) atoms. The number of fused-ring (bicyclic) bond motifs is 1. The molecule has 2 heterocycles. The molecular formula is C24H22ClN3O4S. The molecule has 0 aliphatic heterocycles. The fraction of sp³-hybridized carbons (Fsp3) is 0.208. The maximum absolute atomic E-state index is 13.0. The van der Waals surface area contributed by atoms with Crippen LogP contribution in [0.3, 0.4) is 0 Å². The van der Waals surface area contributed by atoms with E-state index in [4.69, 9.17) is 21.1 Å². The number of esters is 1. The molecule has 1 amide bonds. The standard InChI is InChI=1S/C24H22ClN3O4S/c1-14-22(33-21(27-14)13-32-17-9-7-16(25)8-10-17)23(29)28-20(24(30)31-2)11-15-12-26-19-6-4-3-5-18(15)19/h3-10,12,20,26H,11,13H2,1-2H3,(H,28,29). The summed E-state index contributed by atoms with van der Waals surface area (Å²) >= 11 is 7.12. The summed E-state index contributed by atoms with van der Waals surface area (Å²) in [5.41, 5.74) is 2.45. The lowest BCUT2D eigenvalue weighted by Crippen LogP contribution is -2.43. The van der Waals surface area contributed by atoms with Crippen molar-refractivity contribution in [1.82, 2.24) is 15.3 Å². The number of hydrogen-bond donors (Lipinski definition) is 2. The second-order valence-electron chi connectivity index (χ2n) is 7.38. The number of carbonyl (C=O) groups is 2. The molecule has 4 aromatic rings. The van der Waals surface area contributed by atoms with E-state index in [1.54, 1.807) is 31.2 Å². The van der Waals surface area contributed by atoms with Crippen molar-refractivity contribution in [2.45, 2.75) is 26.0 Å². The first kappa shape index (κ1) is 22.8. The van der Waals surface area contributed by atoms with Crippen LogP contribution in [0.15, 0.2) is 54.7 Å². The smallest absolute Gasteiger partial charge is 0.328 e. The third-order valence-corrected chi connectivity index (χ3v) is 6.49. The van der Waals surface area contributed by atoms with Gasteiger partial charge in [-0.25, -0.2) is 9.78 Å². The predicted molar refractivity (Wildman–Crippen MR) is 128 cm³/mol. The Hall–Kier alpha value is -3.36. The van der Waals surface area contributed by atoms with Crippen molar-refractivity contribution < 1.29 is 19.1 Å². The van der Waals surface area contributed by atoms with Gasteiger partial charge in [0.25, 0.3) is 5.91 Å². The Kier molecular flexibility index (Phi) is 6.96. The largest absolute Gasteiger partial charge is 0.486 e. The minimum atomic E-state index is -0.836. The number of carbonyl (C=O) groups excluding carboxylic acids is 2. The van der Waals surface area contributed by atoms with Crippen molar-refractivity contribution in [2.75, 3.05) is 7.11 Å². The van der Waals surface area contributed by atoms with E-state index in [9.17, 15) is 9.59 Å². The molecule has 0 bridgehead atoms. The third kappa shape index (κ3) is 5.35. The summed E-state index contributed by atoms with van der Waals surface area (Å²) in [6, 6.07) is 14.0. The summed E-state index contributed by atoms with van der Waals surface area (Å²) in [4.78, 5) is 33.5. The third-order valence-electron chi connectivity index (χ3n) is 5.11. The van der Waals surface area contributed by atoms with Gasteiger partial charge in [-0.1, -0.05) is 29.8 Å². The predicted octanol–water partition coefficient (Wildman–Crippen LogP) is 4.68. The summed E-state index contributed by atoms with van der Waals surface area (Å²) in [5, 5.41) is 5.08. The second kappa shape index (κ2) is 10.1. The van der Waals surface area contributed by atoms with Crippen molar-refractivity contribution in [3.63, 3.8) is 0 Å². The summed E-state index contributed by atoms with van der Waals surface area (Å²) in [7, 11) is 1.31. The molecule has 2 aromatic heterocycles. The number of aromatic amines is 1. The SMILES string of the molecule is COC(=O)C(Cc1c[nH]c2ccccc12)NC(=O)c1sc(COc2ccc(Cl)cc2)nc1C. The molecule has 1 atom stereocenters. The van der Waals surface area contributed by atoms with E-state index in [2.05, 4.69) is 15.3 Å². The number of aromatic nitrogens is 2. The molecule has 0 saturated heterocycles. The van der Waals surface area contributed by atoms with Crippen molar-refractivity contribution >= 4 is 45.7 Å². The van der Waals surface area contributed by atoms with Crippen LogP contribution in [0.2, 0.25) is 5.02 Å². The number of amides is 1. The van der Waals surface area contributed by atoms with Gasteiger partial charge in [0.2, 0.25) is 0 Å². The lowest BCUT2D eigenvalue weighted by atomic mass is 10.0. The first-order chi connectivity index (χ1) is 15.9. The van der Waals surface area contributed by atoms with E-state index in [0.717, 1.165) is 16.5 Å². The topological polar surface area (TPSA) is 93.3 Å². The van der Waals surface area contributed by atoms with Crippen LogP contribution in [0.25, 0.3) is 10.9 Å². The first-order valence-corrected chi connectivity index (χ1v) is 11.4. The Morgan fingerprint density at radius 1 is 1.18 bits per heavy atom. The summed E-state index contributed by atoms with van der Waals surface area (Å²) < 4.78 is 10.7. The van der Waals surface area contributed by atoms with Gasteiger partial charge in [-0.3, -0.25) is 4.79 Å². The van der Waals surface area contributed by atoms with Crippen LogP contribution in [0.4, 0.5) is 0 Å². The summed E-state index contributed by atoms with van der Waals surface area (Å²) in [6.07, 6.45) is 2.14. The molecule has 1 unspecified atom stereocenters. The van der Waals surface area contributed by atoms with Crippen LogP contribution in [-0.4, -0.2) is 35.0 Å². The zero-order valence-electron chi connectivity index (χ0n) is 18.1. The van der Waals surface area contributed by atoms with Crippen molar-refractivity contribution in [3.8, 4) is 5.75 Å². The van der Waals surface area contributed by atoms with E-state index in [0.29, 0.717) is 32.8 Å². The minimum Gasteiger partial charge on any atom is -0.486 e. The lowest BCUT2D eigenvalue weighted by molar-refractivity contribution is -0.142. The maximum Gasteiger partial charge on any atom is 0.328 e. The highest BCUT2D eigenvalue weighted by molar-refractivity contribution is 7.13. The normalized spacial score (nSPS) is 11.8. The van der Waals surface area contributed by atoms with Gasteiger partial charge in [0, 0.05) is 28.5 Å². The van der Waals surface area contributed by atoms with Crippen LogP contribution < -0.4 is 10.1 Å². The van der Waals surface area contributed by atoms with Crippen LogP contribution >= 0.6 is 22.9 Å². The second-order valence-corrected chi connectivity index (χ2v) is 8.90. The molecule has 4 rings (SSSR count). The molecule has 0 fully saturated rings. The van der Waals surface area contributed by atoms with Crippen LogP contribution in [-0.2, 0) is 22.6 Å². The Labute approximate surface area is 199 Å². The molecule has 2 aromatic carbocycles. The molecular weight excluding hydrogens is 462 g/mol. The summed E-state index contributed by atoms with van der Waals surface area (Å²) in [5.74, 6) is -0.234. The number of nitrogens with zero attached hydrogens (tertiary/aromatic N) is 1. The zero-order valence-corrected chi connectivity index (χ0v) is 19.6. The molecule has 0 radical (unpaired) electrons. The maximum atomic E-state index is 13.0. The Balaban J connectivity index is 1.46. The van der Waals surface area contributed by atoms with Gasteiger partial charge in [-0.05, 0) is 42.8 Å². The van der Waals surface area contributed by atoms with Crippen LogP contribution in [0.1, 0.15) is 25.9 Å². The van der Waals surface area contributed by atoms with E-state index >= 15 is 0 Å². The molecule has 0 aliphatic carbocycles. The number of nitrogens with one attached hydrogen (secondary N) is 2. The highest BCUT2D eigenvalue weighted by atomic mass is 35.5. The number of rotatable bonds is 8. The number of H-pyrrole nitrogens is 1. The van der Waals surface area contributed by atoms with Gasteiger partial charge in [0.1, 0.15) is 28.3 Å². The number of halogens is 1. The first-order valence-electron chi connectivity index (χ1n) is 10.2. The Bertz CT molecular complexity index is 1280. The molecule has 2 N–H and O–H groups in total. The lowest BCUT2D eigenvalue weighted by Gasteiger charge is -2.16. The summed E-state index contributed by atoms with van der Waals surface area (Å²) in [6.45, 7) is 1.97. The van der Waals surface area contributed by atoms with Crippen molar-refractivity contribution in [2.24, 2.45) is 0 Å². The Morgan fingerprint density at radius 3 is 2.70 bits per heavy atom. The van der Waals surface area contributed by atoms with E-state index in [-0.39, 0.29) is 12.5 Å². The number of hydrogen-bond acceptors (Lipinski definition) is 6. The van der Waals surface area contributed by atoms with Gasteiger partial charge in [0.05, 0.1) is 12.8 Å². The van der Waals surface area contributed by atoms with Crippen LogP contribution in [0.5, 0.6) is 5.75 Å². The van der Waals surface area contributed by atoms with E-state index in [1.165, 1.54) is 18.4 Å². The minimum absolute atomic E-state index is 0.218. The molecule has 170 valence electrons. The van der Waals surface area contributed by atoms with E-state index < -0.39 is 12.0 Å². The number of thiazole rings is 1.